The Bertz CT molecular complexity index is 531. The first-order valence-electron chi connectivity index (χ1n) is 6.29. The molecule has 2 fully saturated rings. The van der Waals surface area contributed by atoms with Crippen LogP contribution in [0.15, 0.2) is 16.5 Å². The molecule has 1 unspecified atom stereocenters. The van der Waals surface area contributed by atoms with E-state index in [0.29, 0.717) is 13.1 Å². The van der Waals surface area contributed by atoms with E-state index in [0.717, 1.165) is 19.3 Å². The zero-order chi connectivity index (χ0) is 13.6. The molecule has 19 heavy (non-hydrogen) atoms. The van der Waals surface area contributed by atoms with E-state index < -0.39 is 5.97 Å². The molecule has 1 aliphatic carbocycles. The fourth-order valence-electron chi connectivity index (χ4n) is 2.99. The van der Waals surface area contributed by atoms with Crippen LogP contribution in [0.4, 0.5) is 0 Å². The third-order valence-corrected chi connectivity index (χ3v) is 4.52. The molecular weight excluding hydrogens is 270 g/mol. The molecule has 1 saturated carbocycles. The van der Waals surface area contributed by atoms with Gasteiger partial charge in [-0.15, -0.1) is 0 Å². The Morgan fingerprint density at radius 2 is 2.05 bits per heavy atom. The maximum Gasteiger partial charge on any atom is 0.307 e. The van der Waals surface area contributed by atoms with Crippen molar-refractivity contribution in [3.05, 3.63) is 23.1 Å². The molecule has 1 saturated heterocycles. The van der Waals surface area contributed by atoms with E-state index >= 15 is 0 Å². The highest BCUT2D eigenvalue weighted by Gasteiger charge is 2.59. The van der Waals surface area contributed by atoms with Crippen molar-refractivity contribution in [2.24, 2.45) is 11.3 Å². The molecule has 0 radical (unpaired) electrons. The predicted molar refractivity (Wildman–Crippen MR) is 67.0 cm³/mol. The van der Waals surface area contributed by atoms with E-state index in [-0.39, 0.29) is 28.2 Å². The van der Waals surface area contributed by atoms with Gasteiger partial charge in [0.25, 0.3) is 5.91 Å². The second-order valence-electron chi connectivity index (χ2n) is 5.35. The van der Waals surface area contributed by atoms with E-state index in [9.17, 15) is 9.59 Å². The summed E-state index contributed by atoms with van der Waals surface area (Å²) in [5.74, 6) is -0.860. The Morgan fingerprint density at radius 3 is 2.53 bits per heavy atom. The molecule has 6 heteroatoms. The van der Waals surface area contributed by atoms with Gasteiger partial charge in [-0.25, -0.2) is 0 Å². The number of furan rings is 1. The second-order valence-corrected chi connectivity index (χ2v) is 5.73. The number of carboxylic acid groups (broad SMARTS) is 1. The Kier molecular flexibility index (Phi) is 2.82. The molecule has 5 nitrogen and oxygen atoms in total. The number of hydrogen-bond donors (Lipinski definition) is 1. The molecule has 1 atom stereocenters. The summed E-state index contributed by atoms with van der Waals surface area (Å²) in [6.45, 7) is 1.17. The molecule has 3 rings (SSSR count). The smallest absolute Gasteiger partial charge is 0.307 e. The monoisotopic (exact) mass is 283 g/mol. The van der Waals surface area contributed by atoms with E-state index in [4.69, 9.17) is 21.1 Å². The zero-order valence-electron chi connectivity index (χ0n) is 10.3. The summed E-state index contributed by atoms with van der Waals surface area (Å²) in [5, 5.41) is 9.22. The molecule has 2 aliphatic rings. The molecule has 1 aliphatic heterocycles. The van der Waals surface area contributed by atoms with Crippen LogP contribution >= 0.6 is 11.6 Å². The molecule has 102 valence electrons. The third kappa shape index (κ3) is 2.12. The number of carbonyl (C=O) groups is 2. The topological polar surface area (TPSA) is 70.8 Å². The van der Waals surface area contributed by atoms with Gasteiger partial charge in [0.1, 0.15) is 0 Å². The van der Waals surface area contributed by atoms with Gasteiger partial charge >= 0.3 is 5.97 Å². The summed E-state index contributed by atoms with van der Waals surface area (Å²) in [7, 11) is 0. The van der Waals surface area contributed by atoms with Gasteiger partial charge in [-0.3, -0.25) is 9.59 Å². The average molecular weight is 284 g/mol. The first kappa shape index (κ1) is 12.5. The van der Waals surface area contributed by atoms with Gasteiger partial charge in [-0.2, -0.15) is 0 Å². The van der Waals surface area contributed by atoms with Crippen LogP contribution in [-0.2, 0) is 4.79 Å². The largest absolute Gasteiger partial charge is 0.481 e. The van der Waals surface area contributed by atoms with Gasteiger partial charge in [0, 0.05) is 13.1 Å². The number of hydrogen-bond acceptors (Lipinski definition) is 3. The van der Waals surface area contributed by atoms with Crippen molar-refractivity contribution >= 4 is 23.5 Å². The van der Waals surface area contributed by atoms with Crippen LogP contribution in [-0.4, -0.2) is 35.0 Å². The summed E-state index contributed by atoms with van der Waals surface area (Å²) in [6.07, 6.45) is 2.26. The molecule has 0 bridgehead atoms. The van der Waals surface area contributed by atoms with Crippen molar-refractivity contribution < 1.29 is 19.1 Å². The van der Waals surface area contributed by atoms with Crippen LogP contribution in [0.3, 0.4) is 0 Å². The highest BCUT2D eigenvalue weighted by Crippen LogP contribution is 2.59. The highest BCUT2D eigenvalue weighted by atomic mass is 35.5. The van der Waals surface area contributed by atoms with E-state index in [1.54, 1.807) is 17.0 Å². The Balaban J connectivity index is 1.62. The van der Waals surface area contributed by atoms with Crippen molar-refractivity contribution in [3.63, 3.8) is 0 Å². The van der Waals surface area contributed by atoms with Crippen molar-refractivity contribution in [1.29, 1.82) is 0 Å². The van der Waals surface area contributed by atoms with Gasteiger partial charge in [0.05, 0.1) is 5.92 Å². The molecule has 1 spiro atoms. The van der Waals surface area contributed by atoms with E-state index in [1.807, 2.05) is 0 Å². The summed E-state index contributed by atoms with van der Waals surface area (Å²) < 4.78 is 5.11. The Labute approximate surface area is 115 Å². The fourth-order valence-corrected chi connectivity index (χ4v) is 3.14. The number of likely N-dealkylation sites (tertiary alicyclic amines) is 1. The molecular formula is C13H14ClNO4. The molecule has 0 aromatic carbocycles. The predicted octanol–water partition coefficient (Wildman–Crippen LogP) is 2.26. The van der Waals surface area contributed by atoms with Crippen molar-refractivity contribution in [2.45, 2.75) is 19.3 Å². The standard InChI is InChI=1S/C13H14ClNO4/c14-10-2-1-9(19-10)11(16)15-5-3-13(4-6-15)7-8(13)12(17)18/h1-2,8H,3-7H2,(H,17,18). The summed E-state index contributed by atoms with van der Waals surface area (Å²) in [4.78, 5) is 24.8. The molecule has 1 aromatic rings. The summed E-state index contributed by atoms with van der Waals surface area (Å²) >= 11 is 5.65. The SMILES string of the molecule is O=C(O)C1CC12CCN(C(=O)c1ccc(Cl)o1)CC2. The Morgan fingerprint density at radius 1 is 1.37 bits per heavy atom. The number of piperidine rings is 1. The molecule has 2 heterocycles. The highest BCUT2D eigenvalue weighted by molar-refractivity contribution is 6.29. The van der Waals surface area contributed by atoms with Crippen LogP contribution in [0, 0.1) is 11.3 Å². The fraction of sp³-hybridized carbons (Fsp3) is 0.538. The molecule has 1 N–H and O–H groups in total. The first-order valence-corrected chi connectivity index (χ1v) is 6.67. The third-order valence-electron chi connectivity index (χ3n) is 4.32. The normalized spacial score (nSPS) is 24.5. The van der Waals surface area contributed by atoms with Crippen LogP contribution in [0.2, 0.25) is 5.22 Å². The van der Waals surface area contributed by atoms with Gasteiger partial charge in [0.15, 0.2) is 11.0 Å². The zero-order valence-corrected chi connectivity index (χ0v) is 11.0. The van der Waals surface area contributed by atoms with Gasteiger partial charge < -0.3 is 14.4 Å². The van der Waals surface area contributed by atoms with Gasteiger partial charge in [-0.05, 0) is 48.4 Å². The van der Waals surface area contributed by atoms with Crippen molar-refractivity contribution in [3.8, 4) is 0 Å². The summed E-state index contributed by atoms with van der Waals surface area (Å²) in [6, 6.07) is 3.10. The quantitative estimate of drug-likeness (QED) is 0.904. The Hall–Kier alpha value is -1.49. The minimum Gasteiger partial charge on any atom is -0.481 e. The maximum absolute atomic E-state index is 12.1. The van der Waals surface area contributed by atoms with E-state index in [1.165, 1.54) is 0 Å². The van der Waals surface area contributed by atoms with Crippen molar-refractivity contribution in [1.82, 2.24) is 4.90 Å². The van der Waals surface area contributed by atoms with Gasteiger partial charge in [-0.1, -0.05) is 0 Å². The number of carboxylic acids is 1. The summed E-state index contributed by atoms with van der Waals surface area (Å²) in [5.41, 5.74) is -0.0660. The lowest BCUT2D eigenvalue weighted by Gasteiger charge is -2.32. The van der Waals surface area contributed by atoms with E-state index in [2.05, 4.69) is 0 Å². The minimum atomic E-state index is -0.711. The maximum atomic E-state index is 12.1. The van der Waals surface area contributed by atoms with Crippen LogP contribution in [0.25, 0.3) is 0 Å². The number of amides is 1. The number of rotatable bonds is 2. The van der Waals surface area contributed by atoms with Crippen LogP contribution in [0.1, 0.15) is 29.8 Å². The molecule has 1 aromatic heterocycles. The number of nitrogens with zero attached hydrogens (tertiary/aromatic N) is 1. The van der Waals surface area contributed by atoms with Crippen molar-refractivity contribution in [2.75, 3.05) is 13.1 Å². The lowest BCUT2D eigenvalue weighted by Crippen LogP contribution is -2.39. The second kappa shape index (κ2) is 4.27. The number of halogens is 1. The van der Waals surface area contributed by atoms with Gasteiger partial charge in [0.2, 0.25) is 0 Å². The molecule has 1 amide bonds. The van der Waals surface area contributed by atoms with Crippen LogP contribution in [0.5, 0.6) is 0 Å². The first-order chi connectivity index (χ1) is 9.02. The lowest BCUT2D eigenvalue weighted by atomic mass is 9.90. The average Bonchev–Trinajstić information content (AvgIpc) is 2.91. The number of carbonyl (C=O) groups excluding carboxylic acids is 1. The number of aliphatic carboxylic acids is 1. The van der Waals surface area contributed by atoms with Crippen LogP contribution < -0.4 is 0 Å². The minimum absolute atomic E-state index is 0.0660. The lowest BCUT2D eigenvalue weighted by molar-refractivity contribution is -0.139.